The van der Waals surface area contributed by atoms with E-state index in [4.69, 9.17) is 20.8 Å². The summed E-state index contributed by atoms with van der Waals surface area (Å²) in [6.07, 6.45) is 2.15. The van der Waals surface area contributed by atoms with Crippen LogP contribution >= 0.6 is 23.4 Å². The van der Waals surface area contributed by atoms with Gasteiger partial charge in [-0.3, -0.25) is 14.5 Å². The van der Waals surface area contributed by atoms with Crippen molar-refractivity contribution in [2.75, 3.05) is 13.2 Å². The SMILES string of the molecule is CCOC(=O)c1cc(-c2ccc(/C=C3/SC(=O)N(CCc4ccccc4)C3=O)o2)ccc1Cl. The minimum atomic E-state index is -0.514. The molecule has 4 rings (SSSR count). The lowest BCUT2D eigenvalue weighted by molar-refractivity contribution is -0.122. The molecular weight excluding hydrogens is 462 g/mol. The van der Waals surface area contributed by atoms with Gasteiger partial charge in [-0.05, 0) is 61.0 Å². The molecule has 6 nitrogen and oxygen atoms in total. The third kappa shape index (κ3) is 5.21. The molecule has 0 bridgehead atoms. The van der Waals surface area contributed by atoms with Gasteiger partial charge in [-0.2, -0.15) is 0 Å². The molecule has 3 aromatic rings. The smallest absolute Gasteiger partial charge is 0.339 e. The average molecular weight is 482 g/mol. The maximum Gasteiger partial charge on any atom is 0.339 e. The van der Waals surface area contributed by atoms with Crippen LogP contribution in [0.1, 0.15) is 28.6 Å². The Morgan fingerprint density at radius 3 is 2.67 bits per heavy atom. The van der Waals surface area contributed by atoms with Gasteiger partial charge in [-0.1, -0.05) is 41.9 Å². The van der Waals surface area contributed by atoms with Gasteiger partial charge < -0.3 is 9.15 Å². The van der Waals surface area contributed by atoms with E-state index in [2.05, 4.69) is 0 Å². The van der Waals surface area contributed by atoms with Crippen molar-refractivity contribution in [1.29, 1.82) is 0 Å². The standard InChI is InChI=1S/C25H20ClNO5S/c1-2-31-24(29)19-14-17(8-10-20(19)26)21-11-9-18(32-21)15-22-23(28)27(25(30)33-22)13-12-16-6-4-3-5-7-16/h3-11,14-15H,2,12-13H2,1H3/b22-15+. The van der Waals surface area contributed by atoms with Crippen molar-refractivity contribution < 1.29 is 23.5 Å². The van der Waals surface area contributed by atoms with Gasteiger partial charge >= 0.3 is 5.97 Å². The number of carbonyl (C=O) groups excluding carboxylic acids is 3. The molecule has 8 heteroatoms. The number of imide groups is 1. The van der Waals surface area contributed by atoms with Crippen LogP contribution in [0.2, 0.25) is 5.02 Å². The summed E-state index contributed by atoms with van der Waals surface area (Å²) in [4.78, 5) is 38.8. The molecule has 1 aliphatic rings. The van der Waals surface area contributed by atoms with Gasteiger partial charge in [0, 0.05) is 18.2 Å². The van der Waals surface area contributed by atoms with Crippen LogP contribution in [-0.4, -0.2) is 35.2 Å². The molecule has 1 aliphatic heterocycles. The number of hydrogen-bond donors (Lipinski definition) is 0. The van der Waals surface area contributed by atoms with Gasteiger partial charge in [-0.25, -0.2) is 4.79 Å². The summed E-state index contributed by atoms with van der Waals surface area (Å²) in [6.45, 7) is 2.28. The summed E-state index contributed by atoms with van der Waals surface area (Å²) >= 11 is 7.01. The molecule has 0 N–H and O–H groups in total. The highest BCUT2D eigenvalue weighted by molar-refractivity contribution is 8.18. The van der Waals surface area contributed by atoms with Crippen LogP contribution in [0.25, 0.3) is 17.4 Å². The van der Waals surface area contributed by atoms with Crippen LogP contribution in [0.5, 0.6) is 0 Å². The number of carbonyl (C=O) groups is 3. The molecule has 0 spiro atoms. The summed E-state index contributed by atoms with van der Waals surface area (Å²) in [5.41, 5.74) is 1.94. The molecule has 0 atom stereocenters. The van der Waals surface area contributed by atoms with Crippen LogP contribution < -0.4 is 0 Å². The first-order valence-corrected chi connectivity index (χ1v) is 11.5. The summed E-state index contributed by atoms with van der Waals surface area (Å²) in [7, 11) is 0. The quantitative estimate of drug-likeness (QED) is 0.302. The zero-order chi connectivity index (χ0) is 23.4. The Labute approximate surface area is 200 Å². The Morgan fingerprint density at radius 2 is 1.91 bits per heavy atom. The lowest BCUT2D eigenvalue weighted by atomic mass is 10.1. The number of benzene rings is 2. The minimum absolute atomic E-state index is 0.241. The summed E-state index contributed by atoms with van der Waals surface area (Å²) < 4.78 is 10.9. The Balaban J connectivity index is 1.49. The van der Waals surface area contributed by atoms with E-state index in [1.165, 1.54) is 4.90 Å². The number of amides is 2. The third-order valence-electron chi connectivity index (χ3n) is 4.99. The summed E-state index contributed by atoms with van der Waals surface area (Å²) in [6, 6.07) is 18.0. The predicted molar refractivity (Wildman–Crippen MR) is 128 cm³/mol. The first-order chi connectivity index (χ1) is 16.0. The second kappa shape index (κ2) is 10.1. The van der Waals surface area contributed by atoms with Gasteiger partial charge in [0.2, 0.25) is 0 Å². The van der Waals surface area contributed by atoms with Crippen LogP contribution in [0.3, 0.4) is 0 Å². The summed E-state index contributed by atoms with van der Waals surface area (Å²) in [5.74, 6) is 0.0632. The maximum absolute atomic E-state index is 12.7. The number of halogens is 1. The normalized spacial score (nSPS) is 14.8. The molecule has 1 aromatic heterocycles. The van der Waals surface area contributed by atoms with E-state index in [1.54, 1.807) is 43.3 Å². The van der Waals surface area contributed by atoms with E-state index >= 15 is 0 Å². The fourth-order valence-corrected chi connectivity index (χ4v) is 4.38. The largest absolute Gasteiger partial charge is 0.462 e. The van der Waals surface area contributed by atoms with Crippen LogP contribution in [0.15, 0.2) is 70.0 Å². The second-order valence-electron chi connectivity index (χ2n) is 7.19. The zero-order valence-electron chi connectivity index (χ0n) is 17.7. The highest BCUT2D eigenvalue weighted by atomic mass is 35.5. The Kier molecular flexibility index (Phi) is 7.01. The van der Waals surface area contributed by atoms with Gasteiger partial charge in [0.15, 0.2) is 0 Å². The van der Waals surface area contributed by atoms with E-state index in [0.717, 1.165) is 17.3 Å². The fourth-order valence-electron chi connectivity index (χ4n) is 3.34. The van der Waals surface area contributed by atoms with E-state index in [9.17, 15) is 14.4 Å². The van der Waals surface area contributed by atoms with E-state index in [1.807, 2.05) is 30.3 Å². The zero-order valence-corrected chi connectivity index (χ0v) is 19.3. The Bertz CT molecular complexity index is 1230. The Morgan fingerprint density at radius 1 is 1.12 bits per heavy atom. The second-order valence-corrected chi connectivity index (χ2v) is 8.59. The lowest BCUT2D eigenvalue weighted by Crippen LogP contribution is -2.30. The number of furan rings is 1. The molecule has 2 amide bonds. The van der Waals surface area contributed by atoms with Crippen molar-refractivity contribution in [3.05, 3.63) is 87.5 Å². The van der Waals surface area contributed by atoms with Crippen molar-refractivity contribution in [3.63, 3.8) is 0 Å². The predicted octanol–water partition coefficient (Wildman–Crippen LogP) is 6.06. The highest BCUT2D eigenvalue weighted by Gasteiger charge is 2.34. The van der Waals surface area contributed by atoms with E-state index in [-0.39, 0.29) is 28.3 Å². The van der Waals surface area contributed by atoms with Gasteiger partial charge in [0.1, 0.15) is 11.5 Å². The van der Waals surface area contributed by atoms with Crippen LogP contribution in [0.4, 0.5) is 4.79 Å². The molecule has 0 saturated carbocycles. The number of ether oxygens (including phenoxy) is 1. The van der Waals surface area contributed by atoms with Crippen molar-refractivity contribution in [2.45, 2.75) is 13.3 Å². The molecule has 1 fully saturated rings. The number of hydrogen-bond acceptors (Lipinski definition) is 6. The molecular formula is C25H20ClNO5S. The molecule has 33 heavy (non-hydrogen) atoms. The topological polar surface area (TPSA) is 76.8 Å². The van der Waals surface area contributed by atoms with E-state index < -0.39 is 5.97 Å². The van der Waals surface area contributed by atoms with Crippen LogP contribution in [0, 0.1) is 0 Å². The van der Waals surface area contributed by atoms with Crippen LogP contribution in [-0.2, 0) is 16.0 Å². The average Bonchev–Trinajstić information content (AvgIpc) is 3.38. The molecule has 0 unspecified atom stereocenters. The number of thioether (sulfide) groups is 1. The lowest BCUT2D eigenvalue weighted by Gasteiger charge is -2.11. The molecule has 1 saturated heterocycles. The van der Waals surface area contributed by atoms with Crippen molar-refractivity contribution >= 4 is 46.6 Å². The third-order valence-corrected chi connectivity index (χ3v) is 6.22. The van der Waals surface area contributed by atoms with Crippen molar-refractivity contribution in [1.82, 2.24) is 4.90 Å². The Hall–Kier alpha value is -3.29. The van der Waals surface area contributed by atoms with Gasteiger partial charge in [0.05, 0.1) is 22.1 Å². The molecule has 168 valence electrons. The van der Waals surface area contributed by atoms with Gasteiger partial charge in [0.25, 0.3) is 11.1 Å². The molecule has 2 aromatic carbocycles. The molecule has 0 aliphatic carbocycles. The number of esters is 1. The number of rotatable bonds is 7. The first kappa shape index (κ1) is 22.9. The molecule has 0 radical (unpaired) electrons. The highest BCUT2D eigenvalue weighted by Crippen LogP contribution is 2.34. The van der Waals surface area contributed by atoms with Crippen molar-refractivity contribution in [2.24, 2.45) is 0 Å². The number of nitrogens with zero attached hydrogens (tertiary/aromatic N) is 1. The van der Waals surface area contributed by atoms with Crippen molar-refractivity contribution in [3.8, 4) is 11.3 Å². The minimum Gasteiger partial charge on any atom is -0.462 e. The van der Waals surface area contributed by atoms with Gasteiger partial charge in [-0.15, -0.1) is 0 Å². The molecule has 2 heterocycles. The summed E-state index contributed by atoms with van der Waals surface area (Å²) in [5, 5.41) is -0.0149. The van der Waals surface area contributed by atoms with E-state index in [0.29, 0.717) is 35.0 Å². The monoisotopic (exact) mass is 481 g/mol. The first-order valence-electron chi connectivity index (χ1n) is 10.3. The maximum atomic E-state index is 12.7. The fraction of sp³-hybridized carbons (Fsp3) is 0.160.